The Morgan fingerprint density at radius 2 is 2.11 bits per heavy atom. The number of rotatable bonds is 5. The standard InChI is InChI=1S/C19H26N8O/c1-13(2)23-18(28)12-26-4-6-27(7-5-26)19-24-17(11-22-25-19)16-10-21-15(9-20)8-14(16)3/h8,10-11,13-14,16H,4-7,12H2,1-3H3,(H,23,28). The van der Waals surface area contributed by atoms with Crippen LogP contribution in [0.3, 0.4) is 0 Å². The van der Waals surface area contributed by atoms with Crippen LogP contribution in [-0.4, -0.2) is 71.0 Å². The van der Waals surface area contributed by atoms with E-state index < -0.39 is 0 Å². The normalized spacial score (nSPS) is 22.7. The molecule has 9 heteroatoms. The van der Waals surface area contributed by atoms with E-state index in [1.54, 1.807) is 12.4 Å². The van der Waals surface area contributed by atoms with E-state index >= 15 is 0 Å². The van der Waals surface area contributed by atoms with E-state index in [0.29, 0.717) is 18.2 Å². The molecule has 1 fully saturated rings. The van der Waals surface area contributed by atoms with Crippen LogP contribution < -0.4 is 10.2 Å². The van der Waals surface area contributed by atoms with Crippen molar-refractivity contribution in [2.24, 2.45) is 10.9 Å². The predicted molar refractivity (Wildman–Crippen MR) is 106 cm³/mol. The molecule has 2 aliphatic rings. The number of piperazine rings is 1. The first-order chi connectivity index (χ1) is 13.5. The molecule has 0 spiro atoms. The predicted octanol–water partition coefficient (Wildman–Crippen LogP) is 0.730. The molecule has 0 aromatic carbocycles. The third kappa shape index (κ3) is 4.89. The summed E-state index contributed by atoms with van der Waals surface area (Å²) in [6.07, 6.45) is 5.28. The van der Waals surface area contributed by atoms with Crippen molar-refractivity contribution in [2.45, 2.75) is 32.7 Å². The van der Waals surface area contributed by atoms with Crippen molar-refractivity contribution in [1.29, 1.82) is 5.26 Å². The molecule has 28 heavy (non-hydrogen) atoms. The van der Waals surface area contributed by atoms with Crippen molar-refractivity contribution in [3.8, 4) is 6.07 Å². The molecule has 3 rings (SSSR count). The fourth-order valence-electron chi connectivity index (χ4n) is 3.38. The number of allylic oxidation sites excluding steroid dienone is 2. The minimum absolute atomic E-state index is 0.0210. The summed E-state index contributed by atoms with van der Waals surface area (Å²) >= 11 is 0. The summed E-state index contributed by atoms with van der Waals surface area (Å²) in [4.78, 5) is 25.0. The van der Waals surface area contributed by atoms with Crippen molar-refractivity contribution in [3.63, 3.8) is 0 Å². The van der Waals surface area contributed by atoms with Gasteiger partial charge in [-0.15, -0.1) is 5.10 Å². The van der Waals surface area contributed by atoms with E-state index in [1.807, 2.05) is 26.8 Å². The summed E-state index contributed by atoms with van der Waals surface area (Å²) < 4.78 is 0. The molecule has 0 aliphatic carbocycles. The summed E-state index contributed by atoms with van der Waals surface area (Å²) in [7, 11) is 0. The smallest absolute Gasteiger partial charge is 0.245 e. The Morgan fingerprint density at radius 3 is 2.75 bits per heavy atom. The van der Waals surface area contributed by atoms with Crippen LogP contribution in [0, 0.1) is 17.2 Å². The highest BCUT2D eigenvalue weighted by atomic mass is 16.2. The van der Waals surface area contributed by atoms with Crippen LogP contribution in [0.15, 0.2) is 23.0 Å². The topological polar surface area (TPSA) is 110 Å². The first kappa shape index (κ1) is 19.9. The third-order valence-electron chi connectivity index (χ3n) is 4.86. The summed E-state index contributed by atoms with van der Waals surface area (Å²) in [6, 6.07) is 2.22. The second-order valence-electron chi connectivity index (χ2n) is 7.49. The number of hydrogen-bond acceptors (Lipinski definition) is 8. The van der Waals surface area contributed by atoms with E-state index in [0.717, 1.165) is 31.9 Å². The molecule has 2 atom stereocenters. The highest BCUT2D eigenvalue weighted by Crippen LogP contribution is 2.27. The minimum atomic E-state index is -0.0210. The average molecular weight is 382 g/mol. The number of hydrogen-bond donors (Lipinski definition) is 1. The second-order valence-corrected chi connectivity index (χ2v) is 7.49. The molecular formula is C19H26N8O. The zero-order valence-electron chi connectivity index (χ0n) is 16.5. The van der Waals surface area contributed by atoms with Gasteiger partial charge < -0.3 is 10.2 Å². The lowest BCUT2D eigenvalue weighted by Gasteiger charge is -2.34. The molecule has 1 N–H and O–H groups in total. The van der Waals surface area contributed by atoms with Crippen LogP contribution in [-0.2, 0) is 4.79 Å². The van der Waals surface area contributed by atoms with Gasteiger partial charge >= 0.3 is 0 Å². The van der Waals surface area contributed by atoms with Gasteiger partial charge in [0.25, 0.3) is 0 Å². The number of nitrogens with one attached hydrogen (secondary N) is 1. The number of aromatic nitrogens is 3. The van der Waals surface area contributed by atoms with Gasteiger partial charge in [-0.05, 0) is 25.8 Å². The first-order valence-corrected chi connectivity index (χ1v) is 9.58. The summed E-state index contributed by atoms with van der Waals surface area (Å²) in [5.74, 6) is 0.749. The van der Waals surface area contributed by atoms with Gasteiger partial charge in [0.15, 0.2) is 0 Å². The number of aliphatic imine (C=N–C) groups is 1. The van der Waals surface area contributed by atoms with Crippen molar-refractivity contribution in [2.75, 3.05) is 37.6 Å². The van der Waals surface area contributed by atoms with Crippen LogP contribution in [0.1, 0.15) is 32.4 Å². The van der Waals surface area contributed by atoms with Gasteiger partial charge in [0, 0.05) is 44.4 Å². The van der Waals surface area contributed by atoms with Crippen molar-refractivity contribution in [1.82, 2.24) is 25.4 Å². The Morgan fingerprint density at radius 1 is 1.36 bits per heavy atom. The van der Waals surface area contributed by atoms with E-state index in [1.165, 1.54) is 0 Å². The van der Waals surface area contributed by atoms with Crippen molar-refractivity contribution in [3.05, 3.63) is 23.7 Å². The molecule has 1 aromatic rings. The Labute approximate surface area is 165 Å². The third-order valence-corrected chi connectivity index (χ3v) is 4.86. The van der Waals surface area contributed by atoms with Crippen LogP contribution in [0.25, 0.3) is 0 Å². The van der Waals surface area contributed by atoms with E-state index in [-0.39, 0.29) is 23.8 Å². The average Bonchev–Trinajstić information content (AvgIpc) is 2.68. The van der Waals surface area contributed by atoms with Gasteiger partial charge in [0.1, 0.15) is 11.8 Å². The molecule has 1 amide bonds. The Hall–Kier alpha value is -2.86. The minimum Gasteiger partial charge on any atom is -0.353 e. The van der Waals surface area contributed by atoms with Gasteiger partial charge in [-0.25, -0.2) is 9.98 Å². The maximum Gasteiger partial charge on any atom is 0.245 e. The largest absolute Gasteiger partial charge is 0.353 e. The van der Waals surface area contributed by atoms with Gasteiger partial charge in [-0.1, -0.05) is 6.92 Å². The van der Waals surface area contributed by atoms with Crippen LogP contribution in [0.5, 0.6) is 0 Å². The number of anilines is 1. The summed E-state index contributed by atoms with van der Waals surface area (Å²) in [6.45, 7) is 9.40. The number of nitriles is 1. The van der Waals surface area contributed by atoms with E-state index in [9.17, 15) is 4.79 Å². The number of carbonyl (C=O) groups excluding carboxylic acids is 1. The molecule has 9 nitrogen and oxygen atoms in total. The Bertz CT molecular complexity index is 804. The molecule has 0 bridgehead atoms. The fraction of sp³-hybridized carbons (Fsp3) is 0.579. The highest BCUT2D eigenvalue weighted by molar-refractivity contribution is 5.78. The molecule has 0 radical (unpaired) electrons. The quantitative estimate of drug-likeness (QED) is 0.799. The van der Waals surface area contributed by atoms with Gasteiger partial charge in [0.05, 0.1) is 18.4 Å². The molecule has 2 aliphatic heterocycles. The molecule has 148 valence electrons. The number of carbonyl (C=O) groups is 1. The van der Waals surface area contributed by atoms with Crippen LogP contribution >= 0.6 is 0 Å². The Balaban J connectivity index is 1.60. The lowest BCUT2D eigenvalue weighted by Crippen LogP contribution is -2.50. The lowest BCUT2D eigenvalue weighted by molar-refractivity contribution is -0.122. The maximum atomic E-state index is 11.9. The molecular weight excluding hydrogens is 356 g/mol. The van der Waals surface area contributed by atoms with Crippen molar-refractivity contribution >= 4 is 18.1 Å². The second kappa shape index (κ2) is 8.89. The van der Waals surface area contributed by atoms with Crippen LogP contribution in [0.2, 0.25) is 0 Å². The zero-order valence-corrected chi connectivity index (χ0v) is 16.5. The highest BCUT2D eigenvalue weighted by Gasteiger charge is 2.25. The SMILES string of the molecule is CC(C)NC(=O)CN1CCN(c2nncc(C3C=NC(C#N)=CC3C)n2)CC1. The molecule has 1 saturated heterocycles. The number of nitrogens with zero attached hydrogens (tertiary/aromatic N) is 7. The first-order valence-electron chi connectivity index (χ1n) is 9.58. The van der Waals surface area contributed by atoms with Crippen LogP contribution in [0.4, 0.5) is 5.95 Å². The van der Waals surface area contributed by atoms with Gasteiger partial charge in [-0.2, -0.15) is 10.4 Å². The fourth-order valence-corrected chi connectivity index (χ4v) is 3.38. The summed E-state index contributed by atoms with van der Waals surface area (Å²) in [5, 5.41) is 20.2. The monoisotopic (exact) mass is 382 g/mol. The zero-order chi connectivity index (χ0) is 20.1. The molecule has 1 aromatic heterocycles. The lowest BCUT2D eigenvalue weighted by atomic mass is 9.90. The molecule has 3 heterocycles. The van der Waals surface area contributed by atoms with Gasteiger partial charge in [-0.3, -0.25) is 9.69 Å². The maximum absolute atomic E-state index is 11.9. The molecule has 2 unspecified atom stereocenters. The van der Waals surface area contributed by atoms with E-state index in [2.05, 4.69) is 36.4 Å². The van der Waals surface area contributed by atoms with Gasteiger partial charge in [0.2, 0.25) is 11.9 Å². The van der Waals surface area contributed by atoms with E-state index in [4.69, 9.17) is 10.2 Å². The Kier molecular flexibility index (Phi) is 6.31. The summed E-state index contributed by atoms with van der Waals surface area (Å²) in [5.41, 5.74) is 1.23. The number of amides is 1. The molecule has 0 saturated carbocycles. The van der Waals surface area contributed by atoms with Crippen molar-refractivity contribution < 1.29 is 4.79 Å².